The first-order valence-electron chi connectivity index (χ1n) is 11.0. The van der Waals surface area contributed by atoms with E-state index in [2.05, 4.69) is 42.1 Å². The SMILES string of the molecule is CCCCNCCCC.COc1ccc(-c2csc(NC(=O)c3ccc(S)cc3)n2)cc1. The highest BCUT2D eigenvalue weighted by molar-refractivity contribution is 7.80. The van der Waals surface area contributed by atoms with E-state index in [4.69, 9.17) is 4.74 Å². The van der Waals surface area contributed by atoms with E-state index in [1.54, 1.807) is 31.4 Å². The molecule has 0 aliphatic rings. The van der Waals surface area contributed by atoms with Gasteiger partial charge in [0.1, 0.15) is 5.75 Å². The van der Waals surface area contributed by atoms with Crippen LogP contribution >= 0.6 is 24.0 Å². The van der Waals surface area contributed by atoms with Crippen molar-refractivity contribution in [2.75, 3.05) is 25.5 Å². The average Bonchev–Trinajstić information content (AvgIpc) is 3.28. The van der Waals surface area contributed by atoms with E-state index in [9.17, 15) is 4.79 Å². The first-order valence-corrected chi connectivity index (χ1v) is 12.3. The molecule has 2 aromatic carbocycles. The lowest BCUT2D eigenvalue weighted by Gasteiger charge is -2.02. The quantitative estimate of drug-likeness (QED) is 0.232. The lowest BCUT2D eigenvalue weighted by Crippen LogP contribution is -2.15. The van der Waals surface area contributed by atoms with Crippen molar-refractivity contribution >= 4 is 35.0 Å². The molecule has 2 N–H and O–H groups in total. The number of ether oxygens (including phenoxy) is 1. The molecule has 0 bridgehead atoms. The van der Waals surface area contributed by atoms with Gasteiger partial charge in [0.25, 0.3) is 5.91 Å². The van der Waals surface area contributed by atoms with Crippen molar-refractivity contribution < 1.29 is 9.53 Å². The van der Waals surface area contributed by atoms with Gasteiger partial charge in [-0.15, -0.1) is 24.0 Å². The number of thiazole rings is 1. The van der Waals surface area contributed by atoms with E-state index in [1.165, 1.54) is 50.1 Å². The van der Waals surface area contributed by atoms with Crippen LogP contribution in [-0.2, 0) is 0 Å². The van der Waals surface area contributed by atoms with Gasteiger partial charge in [-0.1, -0.05) is 26.7 Å². The standard InChI is InChI=1S/C17H14N2O2S2.C8H19N/c1-21-13-6-2-11(3-7-13)15-10-23-17(18-15)19-16(20)12-4-8-14(22)9-5-12;1-3-5-7-9-8-6-4-2/h2-10,22H,1H3,(H,18,19,20);9H,3-8H2,1-2H3. The zero-order valence-corrected chi connectivity index (χ0v) is 20.8. The molecular weight excluding hydrogens is 438 g/mol. The number of carbonyl (C=O) groups is 1. The van der Waals surface area contributed by atoms with Gasteiger partial charge in [-0.3, -0.25) is 10.1 Å². The number of aromatic nitrogens is 1. The number of hydrogen-bond donors (Lipinski definition) is 3. The van der Waals surface area contributed by atoms with Crippen molar-refractivity contribution in [3.63, 3.8) is 0 Å². The smallest absolute Gasteiger partial charge is 0.257 e. The molecule has 0 radical (unpaired) electrons. The number of methoxy groups -OCH3 is 1. The number of nitrogens with one attached hydrogen (secondary N) is 2. The van der Waals surface area contributed by atoms with Gasteiger partial charge in [0.15, 0.2) is 5.13 Å². The van der Waals surface area contributed by atoms with Crippen LogP contribution in [0.25, 0.3) is 11.3 Å². The highest BCUT2D eigenvalue weighted by atomic mass is 32.1. The van der Waals surface area contributed by atoms with Gasteiger partial charge in [-0.25, -0.2) is 4.98 Å². The highest BCUT2D eigenvalue weighted by Gasteiger charge is 2.10. The van der Waals surface area contributed by atoms with E-state index >= 15 is 0 Å². The summed E-state index contributed by atoms with van der Waals surface area (Å²) in [5.41, 5.74) is 2.37. The third-order valence-corrected chi connectivity index (χ3v) is 5.71. The van der Waals surface area contributed by atoms with E-state index in [-0.39, 0.29) is 5.91 Å². The van der Waals surface area contributed by atoms with Crippen LogP contribution in [0.3, 0.4) is 0 Å². The zero-order chi connectivity index (χ0) is 23.2. The van der Waals surface area contributed by atoms with Gasteiger partial charge in [0.2, 0.25) is 0 Å². The summed E-state index contributed by atoms with van der Waals surface area (Å²) >= 11 is 5.60. The van der Waals surface area contributed by atoms with Crippen LogP contribution in [0.5, 0.6) is 5.75 Å². The Kier molecular flexibility index (Phi) is 11.9. The Morgan fingerprint density at radius 1 is 1.00 bits per heavy atom. The van der Waals surface area contributed by atoms with Crippen LogP contribution in [0.2, 0.25) is 0 Å². The molecule has 172 valence electrons. The van der Waals surface area contributed by atoms with Gasteiger partial charge in [-0.05, 0) is 74.5 Å². The summed E-state index contributed by atoms with van der Waals surface area (Å²) < 4.78 is 5.14. The molecule has 0 unspecified atom stereocenters. The van der Waals surface area contributed by atoms with Crippen LogP contribution < -0.4 is 15.4 Å². The van der Waals surface area contributed by atoms with Gasteiger partial charge in [-0.2, -0.15) is 0 Å². The third-order valence-electron chi connectivity index (χ3n) is 4.65. The minimum absolute atomic E-state index is 0.186. The summed E-state index contributed by atoms with van der Waals surface area (Å²) in [6.07, 6.45) is 5.26. The number of anilines is 1. The Hall–Kier alpha value is -2.35. The molecule has 3 rings (SSSR count). The number of carbonyl (C=O) groups excluding carboxylic acids is 1. The molecule has 0 atom stereocenters. The largest absolute Gasteiger partial charge is 0.497 e. The lowest BCUT2D eigenvalue weighted by atomic mass is 10.2. The summed E-state index contributed by atoms with van der Waals surface area (Å²) in [7, 11) is 1.63. The minimum atomic E-state index is -0.186. The van der Waals surface area contributed by atoms with Crippen molar-refractivity contribution in [1.82, 2.24) is 10.3 Å². The molecule has 0 aliphatic carbocycles. The molecule has 0 saturated heterocycles. The number of benzene rings is 2. The van der Waals surface area contributed by atoms with E-state index in [0.717, 1.165) is 21.9 Å². The second-order valence-electron chi connectivity index (χ2n) is 7.22. The van der Waals surface area contributed by atoms with Gasteiger partial charge < -0.3 is 10.1 Å². The number of thiol groups is 1. The molecule has 0 fully saturated rings. The first-order chi connectivity index (χ1) is 15.6. The molecule has 0 aliphatic heterocycles. The maximum Gasteiger partial charge on any atom is 0.257 e. The van der Waals surface area contributed by atoms with Crippen LogP contribution in [0.15, 0.2) is 58.8 Å². The number of amides is 1. The summed E-state index contributed by atoms with van der Waals surface area (Å²) in [5.74, 6) is 0.610. The highest BCUT2D eigenvalue weighted by Crippen LogP contribution is 2.26. The van der Waals surface area contributed by atoms with Gasteiger partial charge in [0, 0.05) is 21.4 Å². The third kappa shape index (κ3) is 9.02. The Morgan fingerprint density at radius 3 is 2.19 bits per heavy atom. The monoisotopic (exact) mass is 471 g/mol. The Bertz CT molecular complexity index is 919. The summed E-state index contributed by atoms with van der Waals surface area (Å²) in [4.78, 5) is 17.4. The fraction of sp³-hybridized carbons (Fsp3) is 0.360. The normalized spacial score (nSPS) is 10.2. The second-order valence-corrected chi connectivity index (χ2v) is 8.60. The van der Waals surface area contributed by atoms with Crippen LogP contribution in [0, 0.1) is 0 Å². The number of nitrogens with zero attached hydrogens (tertiary/aromatic N) is 1. The number of hydrogen-bond acceptors (Lipinski definition) is 6. The molecular formula is C25H33N3O2S2. The van der Waals surface area contributed by atoms with Gasteiger partial charge in [0.05, 0.1) is 12.8 Å². The Morgan fingerprint density at radius 2 is 1.62 bits per heavy atom. The second kappa shape index (κ2) is 14.7. The first kappa shape index (κ1) is 25.9. The van der Waals surface area contributed by atoms with Crippen molar-refractivity contribution in [1.29, 1.82) is 0 Å². The fourth-order valence-electron chi connectivity index (χ4n) is 2.74. The molecule has 0 saturated carbocycles. The molecule has 5 nitrogen and oxygen atoms in total. The molecule has 32 heavy (non-hydrogen) atoms. The van der Waals surface area contributed by atoms with Crippen LogP contribution in [0.4, 0.5) is 5.13 Å². The summed E-state index contributed by atoms with van der Waals surface area (Å²) in [6, 6.07) is 14.7. The van der Waals surface area contributed by atoms with Crippen molar-refractivity contribution in [2.45, 2.75) is 44.4 Å². The fourth-order valence-corrected chi connectivity index (χ4v) is 3.60. The topological polar surface area (TPSA) is 63.2 Å². The maximum atomic E-state index is 12.2. The molecule has 1 amide bonds. The zero-order valence-electron chi connectivity index (χ0n) is 19.1. The van der Waals surface area contributed by atoms with Crippen LogP contribution in [0.1, 0.15) is 49.9 Å². The van der Waals surface area contributed by atoms with Crippen molar-refractivity contribution in [3.05, 3.63) is 59.5 Å². The Labute approximate surface area is 201 Å². The predicted octanol–water partition coefficient (Wildman–Crippen LogP) is 6.54. The average molecular weight is 472 g/mol. The van der Waals surface area contributed by atoms with Gasteiger partial charge >= 0.3 is 0 Å². The molecule has 1 heterocycles. The lowest BCUT2D eigenvalue weighted by molar-refractivity contribution is 0.102. The van der Waals surface area contributed by atoms with Crippen LogP contribution in [-0.4, -0.2) is 31.1 Å². The van der Waals surface area contributed by atoms with Crippen molar-refractivity contribution in [2.24, 2.45) is 0 Å². The van der Waals surface area contributed by atoms with E-state index < -0.39 is 0 Å². The van der Waals surface area contributed by atoms with E-state index in [0.29, 0.717) is 10.7 Å². The summed E-state index contributed by atoms with van der Waals surface area (Å²) in [6.45, 7) is 6.86. The summed E-state index contributed by atoms with van der Waals surface area (Å²) in [5, 5.41) is 8.67. The maximum absolute atomic E-state index is 12.2. The predicted molar refractivity (Wildman–Crippen MR) is 138 cm³/mol. The number of unbranched alkanes of at least 4 members (excludes halogenated alkanes) is 2. The molecule has 7 heteroatoms. The molecule has 0 spiro atoms. The Balaban J connectivity index is 0.000000344. The molecule has 1 aromatic heterocycles. The minimum Gasteiger partial charge on any atom is -0.497 e. The number of rotatable bonds is 10. The van der Waals surface area contributed by atoms with Crippen molar-refractivity contribution in [3.8, 4) is 17.0 Å². The molecule has 3 aromatic rings. The van der Waals surface area contributed by atoms with E-state index in [1.807, 2.05) is 29.6 Å².